The molecule has 0 aromatic heterocycles. The Morgan fingerprint density at radius 2 is 1.74 bits per heavy atom. The fourth-order valence-electron chi connectivity index (χ4n) is 3.27. The van der Waals surface area contributed by atoms with Crippen molar-refractivity contribution in [2.24, 2.45) is 0 Å². The van der Waals surface area contributed by atoms with Crippen molar-refractivity contribution in [3.63, 3.8) is 0 Å². The number of rotatable bonds is 4. The normalized spacial score (nSPS) is 19.3. The number of nitrogens with one attached hydrogen (secondary N) is 2. The summed E-state index contributed by atoms with van der Waals surface area (Å²) in [6, 6.07) is 6.70. The fraction of sp³-hybridized carbons (Fsp3) is 0.316. The number of hydrogen-bond donors (Lipinski definition) is 2. The van der Waals surface area contributed by atoms with Gasteiger partial charge in [-0.3, -0.25) is 4.79 Å². The highest BCUT2D eigenvalue weighted by molar-refractivity contribution is 5.85. The summed E-state index contributed by atoms with van der Waals surface area (Å²) < 4.78 is 54.1. The molecule has 2 unspecified atom stereocenters. The number of halogens is 5. The Bertz CT molecular complexity index is 798. The number of carbonyl (C=O) groups excluding carboxylic acids is 1. The largest absolute Gasteiger partial charge is 0.351 e. The molecule has 1 saturated heterocycles. The summed E-state index contributed by atoms with van der Waals surface area (Å²) in [5.41, 5.74) is 0.283. The molecule has 27 heavy (non-hydrogen) atoms. The highest BCUT2D eigenvalue weighted by Crippen LogP contribution is 2.27. The lowest BCUT2D eigenvalue weighted by molar-refractivity contribution is -0.121. The Kier molecular flexibility index (Phi) is 7.21. The smallest absolute Gasteiger partial charge is 0.224 e. The van der Waals surface area contributed by atoms with Crippen LogP contribution in [0.1, 0.15) is 23.5 Å². The Morgan fingerprint density at radius 1 is 1.04 bits per heavy atom. The van der Waals surface area contributed by atoms with Gasteiger partial charge in [0.25, 0.3) is 0 Å². The summed E-state index contributed by atoms with van der Waals surface area (Å²) in [5.74, 6) is -4.19. The maximum Gasteiger partial charge on any atom is 0.224 e. The SMILES string of the molecule is Cl.O=C(Cc1c(F)cccc1F)NC1CNCCC1c1ccc(F)c(F)c1. The average Bonchev–Trinajstić information content (AvgIpc) is 2.61. The third-order valence-electron chi connectivity index (χ3n) is 4.60. The Morgan fingerprint density at radius 3 is 2.41 bits per heavy atom. The molecule has 8 heteroatoms. The number of piperidine rings is 1. The van der Waals surface area contributed by atoms with Crippen molar-refractivity contribution in [1.82, 2.24) is 10.6 Å². The van der Waals surface area contributed by atoms with Crippen molar-refractivity contribution < 1.29 is 22.4 Å². The van der Waals surface area contributed by atoms with Crippen LogP contribution in [0.2, 0.25) is 0 Å². The second kappa shape index (κ2) is 9.19. The van der Waals surface area contributed by atoms with Gasteiger partial charge in [0.05, 0.1) is 6.42 Å². The fourth-order valence-corrected chi connectivity index (χ4v) is 3.27. The van der Waals surface area contributed by atoms with Gasteiger partial charge in [-0.2, -0.15) is 0 Å². The van der Waals surface area contributed by atoms with E-state index in [2.05, 4.69) is 10.6 Å². The molecule has 0 spiro atoms. The second-order valence-electron chi connectivity index (χ2n) is 6.32. The molecule has 0 bridgehead atoms. The van der Waals surface area contributed by atoms with Crippen molar-refractivity contribution in [2.45, 2.75) is 24.8 Å². The summed E-state index contributed by atoms with van der Waals surface area (Å²) in [5, 5.41) is 5.88. The van der Waals surface area contributed by atoms with E-state index in [0.29, 0.717) is 25.1 Å². The van der Waals surface area contributed by atoms with Gasteiger partial charge < -0.3 is 10.6 Å². The average molecular weight is 403 g/mol. The molecule has 3 rings (SSSR count). The lowest BCUT2D eigenvalue weighted by Gasteiger charge is -2.33. The lowest BCUT2D eigenvalue weighted by Crippen LogP contribution is -2.50. The first-order valence-corrected chi connectivity index (χ1v) is 8.33. The first-order valence-electron chi connectivity index (χ1n) is 8.33. The molecule has 1 aliphatic heterocycles. The second-order valence-corrected chi connectivity index (χ2v) is 6.32. The van der Waals surface area contributed by atoms with Crippen molar-refractivity contribution in [2.75, 3.05) is 13.1 Å². The monoisotopic (exact) mass is 402 g/mol. The first kappa shape index (κ1) is 21.2. The topological polar surface area (TPSA) is 41.1 Å². The highest BCUT2D eigenvalue weighted by Gasteiger charge is 2.28. The predicted molar refractivity (Wildman–Crippen MR) is 95.8 cm³/mol. The zero-order chi connectivity index (χ0) is 18.7. The minimum Gasteiger partial charge on any atom is -0.351 e. The molecule has 146 valence electrons. The minimum absolute atomic E-state index is 0. The third-order valence-corrected chi connectivity index (χ3v) is 4.60. The number of amides is 1. The van der Waals surface area contributed by atoms with E-state index in [-0.39, 0.29) is 23.9 Å². The van der Waals surface area contributed by atoms with Crippen LogP contribution in [0.15, 0.2) is 36.4 Å². The van der Waals surface area contributed by atoms with Crippen LogP contribution in [0.3, 0.4) is 0 Å². The van der Waals surface area contributed by atoms with Gasteiger partial charge in [-0.25, -0.2) is 17.6 Å². The molecule has 0 radical (unpaired) electrons. The summed E-state index contributed by atoms with van der Waals surface area (Å²) in [4.78, 5) is 12.3. The third kappa shape index (κ3) is 4.99. The Labute approximate surface area is 160 Å². The molecule has 3 nitrogen and oxygen atoms in total. The van der Waals surface area contributed by atoms with E-state index >= 15 is 0 Å². The van der Waals surface area contributed by atoms with Crippen LogP contribution in [0.25, 0.3) is 0 Å². The van der Waals surface area contributed by atoms with Crippen LogP contribution in [0.4, 0.5) is 17.6 Å². The van der Waals surface area contributed by atoms with Gasteiger partial charge in [0.1, 0.15) is 11.6 Å². The molecule has 2 aromatic rings. The summed E-state index contributed by atoms with van der Waals surface area (Å²) in [7, 11) is 0. The maximum atomic E-state index is 13.7. The molecule has 2 aromatic carbocycles. The minimum atomic E-state index is -0.945. The molecule has 2 N–H and O–H groups in total. The van der Waals surface area contributed by atoms with Gasteiger partial charge in [-0.05, 0) is 42.8 Å². The molecule has 0 aliphatic carbocycles. The summed E-state index contributed by atoms with van der Waals surface area (Å²) in [6.45, 7) is 1.09. The summed E-state index contributed by atoms with van der Waals surface area (Å²) in [6.07, 6.45) is 0.184. The van der Waals surface area contributed by atoms with Crippen LogP contribution in [0.5, 0.6) is 0 Å². The number of carbonyl (C=O) groups is 1. The van der Waals surface area contributed by atoms with Crippen LogP contribution < -0.4 is 10.6 Å². The molecule has 2 atom stereocenters. The van der Waals surface area contributed by atoms with E-state index in [1.807, 2.05) is 0 Å². The predicted octanol–water partition coefficient (Wildman–Crippen LogP) is 3.47. The van der Waals surface area contributed by atoms with Crippen LogP contribution in [-0.2, 0) is 11.2 Å². The van der Waals surface area contributed by atoms with Gasteiger partial charge in [0.15, 0.2) is 11.6 Å². The zero-order valence-electron chi connectivity index (χ0n) is 14.3. The molecule has 1 aliphatic rings. The van der Waals surface area contributed by atoms with Gasteiger partial charge in [0, 0.05) is 24.1 Å². The highest BCUT2D eigenvalue weighted by atomic mass is 35.5. The van der Waals surface area contributed by atoms with Gasteiger partial charge >= 0.3 is 0 Å². The van der Waals surface area contributed by atoms with E-state index in [1.54, 1.807) is 0 Å². The van der Waals surface area contributed by atoms with E-state index in [1.165, 1.54) is 12.1 Å². The van der Waals surface area contributed by atoms with E-state index < -0.39 is 41.6 Å². The van der Waals surface area contributed by atoms with E-state index in [9.17, 15) is 22.4 Å². The van der Waals surface area contributed by atoms with Crippen molar-refractivity contribution >= 4 is 18.3 Å². The quantitative estimate of drug-likeness (QED) is 0.769. The summed E-state index contributed by atoms with van der Waals surface area (Å²) >= 11 is 0. The van der Waals surface area contributed by atoms with E-state index in [0.717, 1.165) is 24.3 Å². The van der Waals surface area contributed by atoms with Crippen LogP contribution in [-0.4, -0.2) is 25.0 Å². The standard InChI is InChI=1S/C19H18F4N2O.ClH/c20-14-2-1-3-15(21)13(14)9-19(26)25-18-10-24-7-6-12(18)11-4-5-16(22)17(23)8-11;/h1-5,8,12,18,24H,6-7,9-10H2,(H,25,26);1H. The molecule has 1 fully saturated rings. The number of benzene rings is 2. The Hall–Kier alpha value is -2.12. The van der Waals surface area contributed by atoms with Crippen LogP contribution >= 0.6 is 12.4 Å². The van der Waals surface area contributed by atoms with E-state index in [4.69, 9.17) is 0 Å². The molecule has 1 amide bonds. The zero-order valence-corrected chi connectivity index (χ0v) is 15.1. The molecular weight excluding hydrogens is 384 g/mol. The van der Waals surface area contributed by atoms with Crippen LogP contribution in [0, 0.1) is 23.3 Å². The number of hydrogen-bond acceptors (Lipinski definition) is 2. The molecular formula is C19H19ClF4N2O. The van der Waals surface area contributed by atoms with Crippen molar-refractivity contribution in [3.8, 4) is 0 Å². The lowest BCUT2D eigenvalue weighted by atomic mass is 9.86. The molecule has 0 saturated carbocycles. The van der Waals surface area contributed by atoms with Crippen molar-refractivity contribution in [3.05, 3.63) is 70.8 Å². The maximum absolute atomic E-state index is 13.7. The molecule has 1 heterocycles. The first-order chi connectivity index (χ1) is 12.5. The van der Waals surface area contributed by atoms with Gasteiger partial charge in [0.2, 0.25) is 5.91 Å². The van der Waals surface area contributed by atoms with Gasteiger partial charge in [-0.15, -0.1) is 12.4 Å². The van der Waals surface area contributed by atoms with Gasteiger partial charge in [-0.1, -0.05) is 12.1 Å². The van der Waals surface area contributed by atoms with Crippen molar-refractivity contribution in [1.29, 1.82) is 0 Å². The Balaban J connectivity index is 0.00000261.